The fourth-order valence-electron chi connectivity index (χ4n) is 2.86. The average molecular weight is 532 g/mol. The lowest BCUT2D eigenvalue weighted by Gasteiger charge is -2.12. The molecule has 37 heavy (non-hydrogen) atoms. The second-order valence-electron chi connectivity index (χ2n) is 7.27. The van der Waals surface area contributed by atoms with E-state index in [9.17, 15) is 30.7 Å². The maximum atomic E-state index is 13.6. The Kier molecular flexibility index (Phi) is 8.81. The van der Waals surface area contributed by atoms with E-state index in [4.69, 9.17) is 4.74 Å². The lowest BCUT2D eigenvalue weighted by Crippen LogP contribution is -2.16. The van der Waals surface area contributed by atoms with Gasteiger partial charge in [0.15, 0.2) is 0 Å². The van der Waals surface area contributed by atoms with Gasteiger partial charge in [-0.2, -0.15) is 28.3 Å². The Hall–Kier alpha value is -4.01. The van der Waals surface area contributed by atoms with Crippen LogP contribution in [-0.2, 0) is 17.5 Å². The SMILES string of the molecule is COCCNc1cc(Nc2ccc(F)c(C(F)(F)F)c2)nc(N=NCc2ccc(OC(F)(F)F)cc2)n1. The predicted molar refractivity (Wildman–Crippen MR) is 118 cm³/mol. The topological polar surface area (TPSA) is 93.0 Å². The van der Waals surface area contributed by atoms with E-state index in [0.717, 1.165) is 18.2 Å². The Bertz CT molecular complexity index is 1220. The first kappa shape index (κ1) is 27.6. The predicted octanol–water partition coefficient (Wildman–Crippen LogP) is 6.62. The fourth-order valence-corrected chi connectivity index (χ4v) is 2.86. The van der Waals surface area contributed by atoms with Crippen LogP contribution in [0.4, 0.5) is 54.0 Å². The molecule has 0 spiro atoms. The highest BCUT2D eigenvalue weighted by Gasteiger charge is 2.34. The molecule has 0 radical (unpaired) electrons. The van der Waals surface area contributed by atoms with Gasteiger partial charge in [-0.1, -0.05) is 12.1 Å². The summed E-state index contributed by atoms with van der Waals surface area (Å²) in [6, 6.07) is 8.75. The molecule has 1 heterocycles. The largest absolute Gasteiger partial charge is 0.573 e. The molecule has 0 saturated heterocycles. The smallest absolute Gasteiger partial charge is 0.406 e. The third kappa shape index (κ3) is 8.86. The molecule has 0 saturated carbocycles. The minimum atomic E-state index is -4.89. The number of hydrogen-bond donors (Lipinski definition) is 2. The van der Waals surface area contributed by atoms with Gasteiger partial charge in [0, 0.05) is 25.4 Å². The fraction of sp³-hybridized carbons (Fsp3) is 0.273. The molecule has 198 valence electrons. The Morgan fingerprint density at radius 1 is 0.919 bits per heavy atom. The van der Waals surface area contributed by atoms with Crippen molar-refractivity contribution < 1.29 is 40.2 Å². The van der Waals surface area contributed by atoms with Crippen molar-refractivity contribution in [2.24, 2.45) is 10.2 Å². The van der Waals surface area contributed by atoms with E-state index in [1.165, 1.54) is 25.3 Å². The normalized spacial score (nSPS) is 12.1. The number of ether oxygens (including phenoxy) is 2. The second kappa shape index (κ2) is 11.8. The molecule has 1 aromatic heterocycles. The Morgan fingerprint density at radius 3 is 2.27 bits per heavy atom. The van der Waals surface area contributed by atoms with Gasteiger partial charge in [-0.25, -0.2) is 4.39 Å². The molecule has 0 unspecified atom stereocenters. The van der Waals surface area contributed by atoms with Gasteiger partial charge < -0.3 is 20.1 Å². The minimum Gasteiger partial charge on any atom is -0.406 e. The zero-order valence-corrected chi connectivity index (χ0v) is 19.0. The summed E-state index contributed by atoms with van der Waals surface area (Å²) < 4.78 is 98.3. The summed E-state index contributed by atoms with van der Waals surface area (Å²) in [6.45, 7) is 0.627. The second-order valence-corrected chi connectivity index (χ2v) is 7.27. The molecule has 0 atom stereocenters. The Labute approximate surface area is 205 Å². The van der Waals surface area contributed by atoms with Crippen molar-refractivity contribution in [3.63, 3.8) is 0 Å². The van der Waals surface area contributed by atoms with Crippen LogP contribution >= 0.6 is 0 Å². The van der Waals surface area contributed by atoms with Crippen LogP contribution in [0.5, 0.6) is 5.75 Å². The zero-order valence-electron chi connectivity index (χ0n) is 19.0. The van der Waals surface area contributed by atoms with E-state index in [0.29, 0.717) is 30.8 Å². The third-order valence-corrected chi connectivity index (χ3v) is 4.44. The monoisotopic (exact) mass is 532 g/mol. The number of anilines is 3. The summed E-state index contributed by atoms with van der Waals surface area (Å²) in [5, 5.41) is 13.4. The molecule has 0 aliphatic rings. The molecule has 0 aliphatic heterocycles. The van der Waals surface area contributed by atoms with Crippen LogP contribution in [0.25, 0.3) is 0 Å². The van der Waals surface area contributed by atoms with E-state index in [1.54, 1.807) is 0 Å². The number of hydrogen-bond acceptors (Lipinski definition) is 8. The number of halogens is 7. The molecule has 3 rings (SSSR count). The van der Waals surface area contributed by atoms with Crippen molar-refractivity contribution in [2.45, 2.75) is 19.1 Å². The van der Waals surface area contributed by atoms with Gasteiger partial charge in [0.1, 0.15) is 23.2 Å². The summed E-state index contributed by atoms with van der Waals surface area (Å²) in [5.41, 5.74) is -1.02. The van der Waals surface area contributed by atoms with Crippen LogP contribution in [0.1, 0.15) is 11.1 Å². The van der Waals surface area contributed by atoms with Crippen LogP contribution in [0.15, 0.2) is 58.8 Å². The number of alkyl halides is 6. The maximum Gasteiger partial charge on any atom is 0.573 e. The van der Waals surface area contributed by atoms with Gasteiger partial charge in [-0.3, -0.25) is 0 Å². The van der Waals surface area contributed by atoms with Crippen molar-refractivity contribution in [1.82, 2.24) is 9.97 Å². The van der Waals surface area contributed by atoms with Crippen molar-refractivity contribution in [2.75, 3.05) is 30.9 Å². The van der Waals surface area contributed by atoms with Crippen molar-refractivity contribution in [3.8, 4) is 5.75 Å². The summed E-state index contributed by atoms with van der Waals surface area (Å²) in [5.74, 6) is -1.70. The van der Waals surface area contributed by atoms with E-state index < -0.39 is 29.7 Å². The molecule has 0 fully saturated rings. The summed E-state index contributed by atoms with van der Waals surface area (Å²) in [7, 11) is 1.49. The number of aromatic nitrogens is 2. The van der Waals surface area contributed by atoms with Gasteiger partial charge in [0.05, 0.1) is 18.7 Å². The number of benzene rings is 2. The number of nitrogens with zero attached hydrogens (tertiary/aromatic N) is 4. The van der Waals surface area contributed by atoms with Gasteiger partial charge in [0.2, 0.25) is 0 Å². The van der Waals surface area contributed by atoms with Crippen molar-refractivity contribution >= 4 is 23.3 Å². The lowest BCUT2D eigenvalue weighted by molar-refractivity contribution is -0.274. The van der Waals surface area contributed by atoms with Gasteiger partial charge >= 0.3 is 12.5 Å². The molecular weight excluding hydrogens is 513 g/mol. The van der Waals surface area contributed by atoms with Crippen LogP contribution in [0.3, 0.4) is 0 Å². The first-order valence-electron chi connectivity index (χ1n) is 10.4. The Morgan fingerprint density at radius 2 is 1.62 bits per heavy atom. The first-order chi connectivity index (χ1) is 17.4. The minimum absolute atomic E-state index is 0.0351. The summed E-state index contributed by atoms with van der Waals surface area (Å²) in [6.07, 6.45) is -9.70. The van der Waals surface area contributed by atoms with Crippen molar-refractivity contribution in [3.05, 3.63) is 65.5 Å². The molecule has 0 aliphatic carbocycles. The van der Waals surface area contributed by atoms with Gasteiger partial charge in [0.25, 0.3) is 5.95 Å². The molecule has 0 amide bonds. The highest BCUT2D eigenvalue weighted by Crippen LogP contribution is 2.34. The van der Waals surface area contributed by atoms with Crippen LogP contribution in [0.2, 0.25) is 0 Å². The molecule has 8 nitrogen and oxygen atoms in total. The zero-order chi connectivity index (χ0) is 27.1. The van der Waals surface area contributed by atoms with Crippen LogP contribution in [-0.4, -0.2) is 36.6 Å². The Balaban J connectivity index is 1.78. The van der Waals surface area contributed by atoms with E-state index in [-0.39, 0.29) is 29.8 Å². The van der Waals surface area contributed by atoms with E-state index >= 15 is 0 Å². The van der Waals surface area contributed by atoms with E-state index in [2.05, 4.69) is 35.6 Å². The molecule has 2 N–H and O–H groups in total. The molecule has 2 aromatic carbocycles. The highest BCUT2D eigenvalue weighted by molar-refractivity contribution is 5.61. The summed E-state index contributed by atoms with van der Waals surface area (Å²) >= 11 is 0. The maximum absolute atomic E-state index is 13.6. The number of azo groups is 1. The quantitative estimate of drug-likeness (QED) is 0.173. The lowest BCUT2D eigenvalue weighted by atomic mass is 10.2. The standard InChI is InChI=1S/C22H19F7N6O2/c1-36-9-8-30-18-11-19(32-14-4-7-17(23)16(10-14)21(24,25)26)34-20(33-18)35-31-12-13-2-5-15(6-3-13)37-22(27,28)29/h2-7,10-11H,8-9,12H2,1H3,(H2,30,32,33,34). The summed E-state index contributed by atoms with van der Waals surface area (Å²) in [4.78, 5) is 8.22. The van der Waals surface area contributed by atoms with Gasteiger partial charge in [-0.15, -0.1) is 18.3 Å². The first-order valence-corrected chi connectivity index (χ1v) is 10.4. The van der Waals surface area contributed by atoms with E-state index in [1.807, 2.05) is 0 Å². The van der Waals surface area contributed by atoms with Crippen LogP contribution in [0, 0.1) is 5.82 Å². The molecule has 0 bridgehead atoms. The molecular formula is C22H19F7N6O2. The highest BCUT2D eigenvalue weighted by atomic mass is 19.4. The average Bonchev–Trinajstić information content (AvgIpc) is 2.80. The molecule has 15 heteroatoms. The van der Waals surface area contributed by atoms with Crippen molar-refractivity contribution in [1.29, 1.82) is 0 Å². The van der Waals surface area contributed by atoms with Crippen LogP contribution < -0.4 is 15.4 Å². The number of methoxy groups -OCH3 is 1. The number of rotatable bonds is 10. The van der Waals surface area contributed by atoms with Gasteiger partial charge in [-0.05, 0) is 35.9 Å². The third-order valence-electron chi connectivity index (χ3n) is 4.44. The molecule has 3 aromatic rings. The number of nitrogens with one attached hydrogen (secondary N) is 2.